The largest absolute Gasteiger partial charge is 0.389 e. The van der Waals surface area contributed by atoms with E-state index in [0.29, 0.717) is 31.7 Å². The van der Waals surface area contributed by atoms with Gasteiger partial charge in [0.05, 0.1) is 19.3 Å². The molecule has 1 fully saturated rings. The Morgan fingerprint density at radius 1 is 1.31 bits per heavy atom. The van der Waals surface area contributed by atoms with Crippen molar-refractivity contribution in [1.82, 2.24) is 15.5 Å². The number of halogens is 1. The average Bonchev–Trinajstić information content (AvgIpc) is 2.54. The summed E-state index contributed by atoms with van der Waals surface area (Å²) in [5.74, 6) is 1.26. The van der Waals surface area contributed by atoms with Crippen molar-refractivity contribution in [3.05, 3.63) is 12.2 Å². The molecule has 0 aliphatic carbocycles. The van der Waals surface area contributed by atoms with Crippen LogP contribution in [-0.4, -0.2) is 74.0 Å². The minimum atomic E-state index is -0.563. The van der Waals surface area contributed by atoms with Gasteiger partial charge in [0.2, 0.25) is 0 Å². The second-order valence-corrected chi connectivity index (χ2v) is 7.46. The highest BCUT2D eigenvalue weighted by Gasteiger charge is 2.19. The van der Waals surface area contributed by atoms with Crippen LogP contribution in [0.3, 0.4) is 0 Å². The van der Waals surface area contributed by atoms with Crippen molar-refractivity contribution in [2.75, 3.05) is 45.9 Å². The van der Waals surface area contributed by atoms with E-state index in [0.717, 1.165) is 45.0 Å². The smallest absolute Gasteiger partial charge is 0.191 e. The fourth-order valence-corrected chi connectivity index (χ4v) is 2.82. The summed E-state index contributed by atoms with van der Waals surface area (Å²) in [6.45, 7) is 17.6. The predicted molar refractivity (Wildman–Crippen MR) is 120 cm³/mol. The lowest BCUT2D eigenvalue weighted by atomic mass is 10.0. The second-order valence-electron chi connectivity index (χ2n) is 7.46. The number of hydrogen-bond donors (Lipinski definition) is 3. The zero-order valence-corrected chi connectivity index (χ0v) is 19.3. The molecule has 1 aliphatic rings. The van der Waals surface area contributed by atoms with Crippen LogP contribution >= 0.6 is 24.0 Å². The van der Waals surface area contributed by atoms with Crippen LogP contribution in [0.4, 0.5) is 0 Å². The Kier molecular flexibility index (Phi) is 14.4. The van der Waals surface area contributed by atoms with E-state index in [4.69, 9.17) is 4.74 Å². The molecule has 3 N–H and O–H groups in total. The number of nitrogens with zero attached hydrogens (tertiary/aromatic N) is 2. The quantitative estimate of drug-likeness (QED) is 0.193. The maximum atomic E-state index is 10.0. The molecule has 26 heavy (non-hydrogen) atoms. The van der Waals surface area contributed by atoms with E-state index < -0.39 is 6.10 Å². The lowest BCUT2D eigenvalue weighted by molar-refractivity contribution is 0.0301. The van der Waals surface area contributed by atoms with Crippen molar-refractivity contribution in [3.63, 3.8) is 0 Å². The van der Waals surface area contributed by atoms with E-state index in [1.54, 1.807) is 0 Å². The summed E-state index contributed by atoms with van der Waals surface area (Å²) in [7, 11) is 0. The first-order valence-corrected chi connectivity index (χ1v) is 9.58. The average molecular weight is 482 g/mol. The van der Waals surface area contributed by atoms with E-state index in [9.17, 15) is 5.11 Å². The van der Waals surface area contributed by atoms with E-state index in [-0.39, 0.29) is 24.0 Å². The molecule has 1 unspecified atom stereocenters. The molecule has 6 nitrogen and oxygen atoms in total. The molecule has 1 rings (SSSR count). The first-order chi connectivity index (χ1) is 11.9. The second kappa shape index (κ2) is 14.6. The maximum Gasteiger partial charge on any atom is 0.191 e. The van der Waals surface area contributed by atoms with Crippen LogP contribution < -0.4 is 10.6 Å². The van der Waals surface area contributed by atoms with Gasteiger partial charge in [0, 0.05) is 38.8 Å². The Hall–Kier alpha value is -0.380. The third-order valence-corrected chi connectivity index (χ3v) is 3.99. The first-order valence-electron chi connectivity index (χ1n) is 9.58. The lowest BCUT2D eigenvalue weighted by Crippen LogP contribution is -2.49. The number of rotatable bonds is 10. The minimum Gasteiger partial charge on any atom is -0.389 e. The van der Waals surface area contributed by atoms with Gasteiger partial charge in [-0.1, -0.05) is 26.0 Å². The van der Waals surface area contributed by atoms with Crippen molar-refractivity contribution >= 4 is 29.9 Å². The van der Waals surface area contributed by atoms with Crippen LogP contribution in [0.25, 0.3) is 0 Å². The number of guanidine groups is 1. The van der Waals surface area contributed by atoms with Crippen LogP contribution in [0.2, 0.25) is 0 Å². The highest BCUT2D eigenvalue weighted by Crippen LogP contribution is 2.11. The molecule has 7 heteroatoms. The van der Waals surface area contributed by atoms with Gasteiger partial charge in [0.15, 0.2) is 5.96 Å². The van der Waals surface area contributed by atoms with E-state index in [1.807, 2.05) is 0 Å². The summed E-state index contributed by atoms with van der Waals surface area (Å²) in [5.41, 5.74) is 1.22. The zero-order chi connectivity index (χ0) is 18.7. The molecular weight excluding hydrogens is 443 g/mol. The van der Waals surface area contributed by atoms with Gasteiger partial charge in [-0.3, -0.25) is 9.89 Å². The van der Waals surface area contributed by atoms with Crippen molar-refractivity contribution in [2.45, 2.75) is 52.7 Å². The standard InChI is InChI=1S/C19H38N4O2.HI/c1-6-20-19(21-11-18(24)14-25-13-16(4)5)22-17-7-9-23(10-8-17)12-15(2)3;/h16-18,24H,2,6-14H2,1,3-5H3,(H2,20,21,22);1H. The van der Waals surface area contributed by atoms with E-state index in [1.165, 1.54) is 5.57 Å². The molecule has 0 aromatic rings. The minimum absolute atomic E-state index is 0. The Bertz CT molecular complexity index is 410. The molecule has 0 amide bonds. The number of nitrogens with one attached hydrogen (secondary N) is 2. The Labute approximate surface area is 176 Å². The van der Waals surface area contributed by atoms with Crippen LogP contribution in [0.1, 0.15) is 40.5 Å². The summed E-state index contributed by atoms with van der Waals surface area (Å²) in [6, 6.07) is 0.425. The molecule has 0 bridgehead atoms. The monoisotopic (exact) mass is 482 g/mol. The third kappa shape index (κ3) is 12.1. The van der Waals surface area contributed by atoms with Crippen molar-refractivity contribution in [3.8, 4) is 0 Å². The summed E-state index contributed by atoms with van der Waals surface area (Å²) in [6.07, 6.45) is 1.63. The SMILES string of the molecule is C=C(C)CN1CCC(NC(=NCC(O)COCC(C)C)NCC)CC1.I. The topological polar surface area (TPSA) is 69.1 Å². The molecule has 154 valence electrons. The summed E-state index contributed by atoms with van der Waals surface area (Å²) in [5, 5.41) is 16.8. The predicted octanol–water partition coefficient (Wildman–Crippen LogP) is 2.23. The van der Waals surface area contributed by atoms with Crippen molar-refractivity contribution in [2.24, 2.45) is 10.9 Å². The fourth-order valence-electron chi connectivity index (χ4n) is 2.82. The van der Waals surface area contributed by atoms with Gasteiger partial charge in [-0.2, -0.15) is 0 Å². The molecule has 1 aliphatic heterocycles. The van der Waals surface area contributed by atoms with Crippen LogP contribution in [0.15, 0.2) is 17.1 Å². The van der Waals surface area contributed by atoms with Gasteiger partial charge < -0.3 is 20.5 Å². The van der Waals surface area contributed by atoms with Crippen molar-refractivity contribution < 1.29 is 9.84 Å². The number of ether oxygens (including phenoxy) is 1. The van der Waals surface area contributed by atoms with Gasteiger partial charge >= 0.3 is 0 Å². The summed E-state index contributed by atoms with van der Waals surface area (Å²) >= 11 is 0. The van der Waals surface area contributed by atoms with Crippen LogP contribution in [0, 0.1) is 5.92 Å². The number of aliphatic hydroxyl groups is 1. The third-order valence-electron chi connectivity index (χ3n) is 3.99. The maximum absolute atomic E-state index is 10.0. The zero-order valence-electron chi connectivity index (χ0n) is 17.0. The number of piperidine rings is 1. The number of aliphatic imine (C=N–C) groups is 1. The summed E-state index contributed by atoms with van der Waals surface area (Å²) < 4.78 is 5.47. The molecule has 1 saturated heterocycles. The molecule has 0 aromatic carbocycles. The lowest BCUT2D eigenvalue weighted by Gasteiger charge is -2.33. The first kappa shape index (κ1) is 25.6. The molecule has 0 saturated carbocycles. The van der Waals surface area contributed by atoms with E-state index in [2.05, 4.69) is 54.8 Å². The van der Waals surface area contributed by atoms with Gasteiger partial charge in [-0.15, -0.1) is 24.0 Å². The highest BCUT2D eigenvalue weighted by molar-refractivity contribution is 14.0. The molecule has 0 spiro atoms. The van der Waals surface area contributed by atoms with Crippen LogP contribution in [-0.2, 0) is 4.74 Å². The van der Waals surface area contributed by atoms with E-state index >= 15 is 0 Å². The Morgan fingerprint density at radius 3 is 2.50 bits per heavy atom. The van der Waals surface area contributed by atoms with Gasteiger partial charge in [0.1, 0.15) is 0 Å². The van der Waals surface area contributed by atoms with Crippen LogP contribution in [0.5, 0.6) is 0 Å². The molecule has 0 radical (unpaired) electrons. The normalized spacial score (nSPS) is 17.7. The summed E-state index contributed by atoms with van der Waals surface area (Å²) in [4.78, 5) is 6.95. The number of hydrogen-bond acceptors (Lipinski definition) is 4. The number of likely N-dealkylation sites (tertiary alicyclic amines) is 1. The van der Waals surface area contributed by atoms with Gasteiger partial charge in [0.25, 0.3) is 0 Å². The van der Waals surface area contributed by atoms with Gasteiger partial charge in [-0.25, -0.2) is 0 Å². The Balaban J connectivity index is 0.00000625. The fraction of sp³-hybridized carbons (Fsp3) is 0.842. The molecule has 0 aromatic heterocycles. The van der Waals surface area contributed by atoms with Crippen molar-refractivity contribution in [1.29, 1.82) is 0 Å². The molecular formula is C19H39IN4O2. The Morgan fingerprint density at radius 2 is 1.96 bits per heavy atom. The number of aliphatic hydroxyl groups excluding tert-OH is 1. The molecule has 1 heterocycles. The highest BCUT2D eigenvalue weighted by atomic mass is 127. The van der Waals surface area contributed by atoms with Gasteiger partial charge in [-0.05, 0) is 32.6 Å². The molecule has 1 atom stereocenters.